The van der Waals surface area contributed by atoms with Crippen LogP contribution in [0.1, 0.15) is 5.56 Å². The summed E-state index contributed by atoms with van der Waals surface area (Å²) in [5.41, 5.74) is 4.61. The second-order valence-electron chi connectivity index (χ2n) is 4.58. The first-order valence-electron chi connectivity index (χ1n) is 5.14. The van der Waals surface area contributed by atoms with Gasteiger partial charge in [-0.3, -0.25) is 0 Å². The third-order valence-electron chi connectivity index (χ3n) is 1.91. The molecule has 2 heteroatoms. The van der Waals surface area contributed by atoms with Crippen molar-refractivity contribution in [2.75, 3.05) is 7.11 Å². The molecule has 0 spiro atoms. The van der Waals surface area contributed by atoms with E-state index >= 15 is 0 Å². The maximum absolute atomic E-state index is 5.10. The number of hydrogen-bond acceptors (Lipinski definition) is 1. The number of ether oxygens (including phenoxy) is 1. The van der Waals surface area contributed by atoms with Crippen LogP contribution < -0.4 is 4.74 Å². The van der Waals surface area contributed by atoms with E-state index in [0.29, 0.717) is 0 Å². The highest BCUT2D eigenvalue weighted by Gasteiger charge is 2.06. The first kappa shape index (κ1) is 11.9. The highest BCUT2D eigenvalue weighted by Crippen LogP contribution is 2.11. The van der Waals surface area contributed by atoms with Gasteiger partial charge in [0.25, 0.3) is 0 Å². The van der Waals surface area contributed by atoms with Crippen molar-refractivity contribution in [3.8, 4) is 17.2 Å². The smallest absolute Gasteiger partial charge is 0.129 e. The Hall–Kier alpha value is -1.20. The van der Waals surface area contributed by atoms with E-state index in [0.717, 1.165) is 12.2 Å². The summed E-state index contributed by atoms with van der Waals surface area (Å²) < 4.78 is 5.10. The summed E-state index contributed by atoms with van der Waals surface area (Å²) in [6.07, 6.45) is 0.842. The Kier molecular flexibility index (Phi) is 3.99. The number of methoxy groups -OCH3 is 1. The second-order valence-corrected chi connectivity index (χ2v) is 9.33. The molecule has 0 saturated carbocycles. The zero-order valence-corrected chi connectivity index (χ0v) is 10.9. The molecule has 0 N–H and O–H groups in total. The van der Waals surface area contributed by atoms with Crippen molar-refractivity contribution in [2.24, 2.45) is 0 Å². The van der Waals surface area contributed by atoms with Crippen LogP contribution in [0.15, 0.2) is 24.3 Å². The number of hydrogen-bond donors (Lipinski definition) is 0. The highest BCUT2D eigenvalue weighted by molar-refractivity contribution is 6.83. The van der Waals surface area contributed by atoms with Gasteiger partial charge in [-0.15, -0.1) is 11.5 Å². The van der Waals surface area contributed by atoms with E-state index in [9.17, 15) is 0 Å². The maximum atomic E-state index is 5.10. The van der Waals surface area contributed by atoms with Crippen molar-refractivity contribution >= 4 is 8.07 Å². The van der Waals surface area contributed by atoms with E-state index in [-0.39, 0.29) is 0 Å². The Labute approximate surface area is 93.5 Å². The van der Waals surface area contributed by atoms with Gasteiger partial charge in [0, 0.05) is 6.42 Å². The van der Waals surface area contributed by atoms with E-state index in [2.05, 4.69) is 43.2 Å². The molecule has 0 saturated heterocycles. The van der Waals surface area contributed by atoms with E-state index in [1.165, 1.54) is 5.56 Å². The highest BCUT2D eigenvalue weighted by atomic mass is 28.3. The lowest BCUT2D eigenvalue weighted by molar-refractivity contribution is 0.414. The van der Waals surface area contributed by atoms with Crippen molar-refractivity contribution in [2.45, 2.75) is 26.1 Å². The second kappa shape index (κ2) is 5.04. The fourth-order valence-electron chi connectivity index (χ4n) is 1.15. The van der Waals surface area contributed by atoms with Gasteiger partial charge in [-0.2, -0.15) is 0 Å². The molecule has 15 heavy (non-hydrogen) atoms. The lowest BCUT2D eigenvalue weighted by Crippen LogP contribution is -2.16. The molecule has 1 aromatic carbocycles. The van der Waals surface area contributed by atoms with Crippen LogP contribution in [0.4, 0.5) is 0 Å². The number of benzene rings is 1. The lowest BCUT2D eigenvalue weighted by atomic mass is 10.1. The van der Waals surface area contributed by atoms with Crippen LogP contribution in [-0.4, -0.2) is 15.2 Å². The summed E-state index contributed by atoms with van der Waals surface area (Å²) in [6, 6.07) is 8.09. The largest absolute Gasteiger partial charge is 0.497 e. The van der Waals surface area contributed by atoms with Crippen molar-refractivity contribution in [3.63, 3.8) is 0 Å². The van der Waals surface area contributed by atoms with Gasteiger partial charge in [0.1, 0.15) is 13.8 Å². The molecule has 0 aromatic heterocycles. The SMILES string of the molecule is COc1ccc(CC#C[Si](C)(C)C)cc1. The molecule has 0 radical (unpaired) electrons. The Balaban J connectivity index is 2.61. The van der Waals surface area contributed by atoms with E-state index in [1.54, 1.807) is 7.11 Å². The molecule has 0 aliphatic carbocycles. The Morgan fingerprint density at radius 1 is 1.13 bits per heavy atom. The van der Waals surface area contributed by atoms with Gasteiger partial charge in [-0.1, -0.05) is 31.8 Å². The van der Waals surface area contributed by atoms with Gasteiger partial charge in [0.05, 0.1) is 7.11 Å². The zero-order valence-electron chi connectivity index (χ0n) is 9.92. The van der Waals surface area contributed by atoms with Gasteiger partial charge < -0.3 is 4.74 Å². The molecule has 1 nitrogen and oxygen atoms in total. The maximum Gasteiger partial charge on any atom is 0.129 e. The Bertz CT molecular complexity index is 362. The lowest BCUT2D eigenvalue weighted by Gasteiger charge is -2.03. The van der Waals surface area contributed by atoms with Crippen molar-refractivity contribution in [3.05, 3.63) is 29.8 Å². The third-order valence-corrected chi connectivity index (χ3v) is 2.84. The summed E-state index contributed by atoms with van der Waals surface area (Å²) >= 11 is 0. The monoisotopic (exact) mass is 218 g/mol. The van der Waals surface area contributed by atoms with Crippen LogP contribution in [0.3, 0.4) is 0 Å². The van der Waals surface area contributed by atoms with Crippen LogP contribution in [0.5, 0.6) is 5.75 Å². The summed E-state index contributed by atoms with van der Waals surface area (Å²) in [6.45, 7) is 6.77. The van der Waals surface area contributed by atoms with Gasteiger partial charge in [0.2, 0.25) is 0 Å². The summed E-state index contributed by atoms with van der Waals surface area (Å²) in [4.78, 5) is 0. The van der Waals surface area contributed by atoms with Crippen LogP contribution in [0.2, 0.25) is 19.6 Å². The molecule has 0 atom stereocenters. The molecule has 0 bridgehead atoms. The van der Waals surface area contributed by atoms with Crippen molar-refractivity contribution < 1.29 is 4.74 Å². The minimum absolute atomic E-state index is 0.842. The molecule has 0 unspecified atom stereocenters. The molecule has 0 fully saturated rings. The molecule has 80 valence electrons. The van der Waals surface area contributed by atoms with Crippen molar-refractivity contribution in [1.82, 2.24) is 0 Å². The van der Waals surface area contributed by atoms with Crippen LogP contribution in [0, 0.1) is 11.5 Å². The van der Waals surface area contributed by atoms with Crippen LogP contribution in [0.25, 0.3) is 0 Å². The average molecular weight is 218 g/mol. The summed E-state index contributed by atoms with van der Waals surface area (Å²) in [5.74, 6) is 4.15. The first-order valence-corrected chi connectivity index (χ1v) is 8.64. The fraction of sp³-hybridized carbons (Fsp3) is 0.385. The topological polar surface area (TPSA) is 9.23 Å². The number of rotatable bonds is 2. The van der Waals surface area contributed by atoms with E-state index in [4.69, 9.17) is 4.74 Å². The van der Waals surface area contributed by atoms with Gasteiger partial charge in [-0.05, 0) is 17.7 Å². The molecule has 1 aromatic rings. The normalized spacial score (nSPS) is 10.4. The third kappa shape index (κ3) is 4.71. The predicted octanol–water partition coefficient (Wildman–Crippen LogP) is 3.12. The molecule has 0 heterocycles. The van der Waals surface area contributed by atoms with E-state index < -0.39 is 8.07 Å². The molecular formula is C13H18OSi. The quantitative estimate of drug-likeness (QED) is 0.547. The minimum atomic E-state index is -1.21. The molecule has 0 aliphatic heterocycles. The summed E-state index contributed by atoms with van der Waals surface area (Å²) in [7, 11) is 0.466. The Morgan fingerprint density at radius 3 is 2.20 bits per heavy atom. The van der Waals surface area contributed by atoms with Gasteiger partial charge in [0.15, 0.2) is 0 Å². The molecule has 1 rings (SSSR count). The predicted molar refractivity (Wildman–Crippen MR) is 67.8 cm³/mol. The molecule has 0 amide bonds. The zero-order chi connectivity index (χ0) is 11.3. The minimum Gasteiger partial charge on any atom is -0.497 e. The van der Waals surface area contributed by atoms with Crippen LogP contribution >= 0.6 is 0 Å². The summed E-state index contributed by atoms with van der Waals surface area (Å²) in [5, 5.41) is 0. The fourth-order valence-corrected chi connectivity index (χ4v) is 1.77. The van der Waals surface area contributed by atoms with Crippen molar-refractivity contribution in [1.29, 1.82) is 0 Å². The van der Waals surface area contributed by atoms with Gasteiger partial charge in [-0.25, -0.2) is 0 Å². The standard InChI is InChI=1S/C13H18OSi/c1-14-13-9-7-12(8-10-13)6-5-11-15(2,3)4/h7-10H,6H2,1-4H3. The first-order chi connectivity index (χ1) is 7.01. The average Bonchev–Trinajstić information content (AvgIpc) is 2.17. The van der Waals surface area contributed by atoms with Crippen LogP contribution in [-0.2, 0) is 6.42 Å². The molecule has 0 aliphatic rings. The molecular weight excluding hydrogens is 200 g/mol. The van der Waals surface area contributed by atoms with E-state index in [1.807, 2.05) is 12.1 Å². The van der Waals surface area contributed by atoms with Gasteiger partial charge >= 0.3 is 0 Å². The Morgan fingerprint density at radius 2 is 1.73 bits per heavy atom.